The molecule has 0 aliphatic rings. The summed E-state index contributed by atoms with van der Waals surface area (Å²) in [7, 11) is 0. The highest BCUT2D eigenvalue weighted by Crippen LogP contribution is 2.15. The number of aromatic nitrogens is 2. The molecule has 1 heterocycles. The van der Waals surface area contributed by atoms with Crippen molar-refractivity contribution in [2.75, 3.05) is 12.3 Å². The molecule has 1 aromatic heterocycles. The standard InChI is InChI=1S/C14H19N3O/c1-3-18-12-7-4-11(5-8-12)6-9-13-10(2)16-14(15)17-13/h4-5,7-8H,3,6,9H2,1-2H3,(H3,15,16,17). The number of nitrogens with zero attached hydrogens (tertiary/aromatic N) is 1. The Balaban J connectivity index is 1.95. The minimum atomic E-state index is 0.495. The number of aryl methyl sites for hydroxylation is 3. The number of hydrogen-bond acceptors (Lipinski definition) is 3. The Hall–Kier alpha value is -1.97. The smallest absolute Gasteiger partial charge is 0.197 e. The zero-order valence-corrected chi connectivity index (χ0v) is 10.9. The van der Waals surface area contributed by atoms with E-state index in [1.165, 1.54) is 5.56 Å². The molecule has 2 aromatic rings. The fourth-order valence-electron chi connectivity index (χ4n) is 1.95. The van der Waals surface area contributed by atoms with Crippen LogP contribution in [0.3, 0.4) is 0 Å². The second-order valence-corrected chi connectivity index (χ2v) is 4.27. The van der Waals surface area contributed by atoms with Crippen LogP contribution in [0, 0.1) is 6.92 Å². The number of ether oxygens (including phenoxy) is 1. The third kappa shape index (κ3) is 3.03. The second kappa shape index (κ2) is 5.58. The maximum absolute atomic E-state index is 5.62. The molecule has 0 radical (unpaired) electrons. The van der Waals surface area contributed by atoms with Gasteiger partial charge in [0.15, 0.2) is 5.95 Å². The molecule has 0 amide bonds. The van der Waals surface area contributed by atoms with Gasteiger partial charge >= 0.3 is 0 Å². The number of anilines is 1. The Morgan fingerprint density at radius 2 is 1.94 bits per heavy atom. The molecule has 0 bridgehead atoms. The lowest BCUT2D eigenvalue weighted by atomic mass is 10.1. The van der Waals surface area contributed by atoms with Crippen molar-refractivity contribution in [2.24, 2.45) is 0 Å². The average molecular weight is 245 g/mol. The summed E-state index contributed by atoms with van der Waals surface area (Å²) in [6, 6.07) is 8.20. The van der Waals surface area contributed by atoms with Crippen LogP contribution in [-0.4, -0.2) is 16.6 Å². The molecule has 4 heteroatoms. The minimum absolute atomic E-state index is 0.495. The van der Waals surface area contributed by atoms with Gasteiger partial charge in [0.25, 0.3) is 0 Å². The van der Waals surface area contributed by atoms with E-state index in [-0.39, 0.29) is 0 Å². The summed E-state index contributed by atoms with van der Waals surface area (Å²) in [6.45, 7) is 4.68. The van der Waals surface area contributed by atoms with E-state index in [2.05, 4.69) is 22.1 Å². The van der Waals surface area contributed by atoms with Crippen LogP contribution >= 0.6 is 0 Å². The fraction of sp³-hybridized carbons (Fsp3) is 0.357. The van der Waals surface area contributed by atoms with Gasteiger partial charge in [-0.05, 0) is 44.4 Å². The summed E-state index contributed by atoms with van der Waals surface area (Å²) < 4.78 is 5.41. The maximum Gasteiger partial charge on any atom is 0.197 e. The predicted molar refractivity (Wildman–Crippen MR) is 72.8 cm³/mol. The first-order valence-electron chi connectivity index (χ1n) is 6.21. The quantitative estimate of drug-likeness (QED) is 0.850. The van der Waals surface area contributed by atoms with Gasteiger partial charge in [-0.15, -0.1) is 0 Å². The van der Waals surface area contributed by atoms with E-state index in [0.717, 1.165) is 30.0 Å². The topological polar surface area (TPSA) is 63.9 Å². The molecule has 0 aliphatic heterocycles. The monoisotopic (exact) mass is 245 g/mol. The van der Waals surface area contributed by atoms with E-state index in [1.54, 1.807) is 0 Å². The van der Waals surface area contributed by atoms with Crippen LogP contribution in [0.4, 0.5) is 5.95 Å². The van der Waals surface area contributed by atoms with Crippen molar-refractivity contribution in [1.29, 1.82) is 0 Å². The Labute approximate surface area is 107 Å². The zero-order chi connectivity index (χ0) is 13.0. The normalized spacial score (nSPS) is 10.6. The summed E-state index contributed by atoms with van der Waals surface area (Å²) in [5, 5.41) is 0. The first-order chi connectivity index (χ1) is 8.69. The molecule has 0 atom stereocenters. The number of aromatic amines is 1. The molecular weight excluding hydrogens is 226 g/mol. The van der Waals surface area contributed by atoms with Gasteiger partial charge in [-0.3, -0.25) is 0 Å². The van der Waals surface area contributed by atoms with Crippen LogP contribution in [0.5, 0.6) is 5.75 Å². The van der Waals surface area contributed by atoms with Crippen LogP contribution < -0.4 is 10.5 Å². The lowest BCUT2D eigenvalue weighted by Crippen LogP contribution is -1.95. The number of H-pyrrole nitrogens is 1. The van der Waals surface area contributed by atoms with Crippen LogP contribution in [0.25, 0.3) is 0 Å². The minimum Gasteiger partial charge on any atom is -0.494 e. The van der Waals surface area contributed by atoms with Gasteiger partial charge in [0.2, 0.25) is 0 Å². The van der Waals surface area contributed by atoms with Gasteiger partial charge in [-0.1, -0.05) is 12.1 Å². The number of nitrogens with two attached hydrogens (primary N) is 1. The van der Waals surface area contributed by atoms with Gasteiger partial charge in [0, 0.05) is 5.69 Å². The molecule has 96 valence electrons. The largest absolute Gasteiger partial charge is 0.494 e. The van der Waals surface area contributed by atoms with Crippen LogP contribution in [0.1, 0.15) is 23.9 Å². The summed E-state index contributed by atoms with van der Waals surface area (Å²) in [6.07, 6.45) is 1.85. The van der Waals surface area contributed by atoms with E-state index in [4.69, 9.17) is 10.5 Å². The van der Waals surface area contributed by atoms with E-state index in [1.807, 2.05) is 26.0 Å². The van der Waals surface area contributed by atoms with Crippen LogP contribution in [0.2, 0.25) is 0 Å². The molecule has 0 fully saturated rings. The maximum atomic E-state index is 5.62. The van der Waals surface area contributed by atoms with Gasteiger partial charge < -0.3 is 15.5 Å². The highest BCUT2D eigenvalue weighted by atomic mass is 16.5. The first-order valence-corrected chi connectivity index (χ1v) is 6.21. The molecular formula is C14H19N3O. The van der Waals surface area contributed by atoms with E-state index >= 15 is 0 Å². The predicted octanol–water partition coefficient (Wildman–Crippen LogP) is 2.48. The number of nitrogen functional groups attached to an aromatic ring is 1. The molecule has 1 aromatic carbocycles. The van der Waals surface area contributed by atoms with Crippen molar-refractivity contribution in [1.82, 2.24) is 9.97 Å². The molecule has 4 nitrogen and oxygen atoms in total. The summed E-state index contributed by atoms with van der Waals surface area (Å²) in [4.78, 5) is 7.29. The number of benzene rings is 1. The highest BCUT2D eigenvalue weighted by molar-refractivity contribution is 5.29. The SMILES string of the molecule is CCOc1ccc(CCc2nc(N)[nH]c2C)cc1. The van der Waals surface area contributed by atoms with Crippen molar-refractivity contribution in [3.63, 3.8) is 0 Å². The summed E-state index contributed by atoms with van der Waals surface area (Å²) in [5.74, 6) is 1.41. The van der Waals surface area contributed by atoms with Gasteiger partial charge in [0.05, 0.1) is 12.3 Å². The van der Waals surface area contributed by atoms with E-state index in [9.17, 15) is 0 Å². The van der Waals surface area contributed by atoms with E-state index in [0.29, 0.717) is 12.6 Å². The lowest BCUT2D eigenvalue weighted by molar-refractivity contribution is 0.340. The number of hydrogen-bond donors (Lipinski definition) is 2. The first kappa shape index (κ1) is 12.5. The van der Waals surface area contributed by atoms with Crippen LogP contribution in [-0.2, 0) is 12.8 Å². The lowest BCUT2D eigenvalue weighted by Gasteiger charge is -2.04. The number of imidazole rings is 1. The van der Waals surface area contributed by atoms with Crippen molar-refractivity contribution in [2.45, 2.75) is 26.7 Å². The molecule has 0 aliphatic carbocycles. The average Bonchev–Trinajstić information content (AvgIpc) is 2.67. The second-order valence-electron chi connectivity index (χ2n) is 4.27. The number of nitrogens with one attached hydrogen (secondary N) is 1. The Morgan fingerprint density at radius 1 is 1.22 bits per heavy atom. The van der Waals surface area contributed by atoms with Gasteiger partial charge in [-0.2, -0.15) is 0 Å². The Morgan fingerprint density at radius 3 is 2.50 bits per heavy atom. The molecule has 0 saturated heterocycles. The molecule has 2 rings (SSSR count). The molecule has 3 N–H and O–H groups in total. The third-order valence-electron chi connectivity index (χ3n) is 2.89. The van der Waals surface area contributed by atoms with Crippen LogP contribution in [0.15, 0.2) is 24.3 Å². The van der Waals surface area contributed by atoms with Crippen molar-refractivity contribution >= 4 is 5.95 Å². The molecule has 0 unspecified atom stereocenters. The van der Waals surface area contributed by atoms with Crippen molar-refractivity contribution < 1.29 is 4.74 Å². The van der Waals surface area contributed by atoms with Crippen molar-refractivity contribution in [3.8, 4) is 5.75 Å². The summed E-state index contributed by atoms with van der Waals surface area (Å²) >= 11 is 0. The number of rotatable bonds is 5. The Kier molecular flexibility index (Phi) is 3.87. The van der Waals surface area contributed by atoms with Crippen molar-refractivity contribution in [3.05, 3.63) is 41.2 Å². The Bertz CT molecular complexity index is 502. The fourth-order valence-corrected chi connectivity index (χ4v) is 1.95. The molecule has 18 heavy (non-hydrogen) atoms. The third-order valence-corrected chi connectivity index (χ3v) is 2.89. The van der Waals surface area contributed by atoms with E-state index < -0.39 is 0 Å². The highest BCUT2D eigenvalue weighted by Gasteiger charge is 2.04. The molecule has 0 spiro atoms. The zero-order valence-electron chi connectivity index (χ0n) is 10.9. The van der Waals surface area contributed by atoms with Gasteiger partial charge in [0.1, 0.15) is 5.75 Å². The summed E-state index contributed by atoms with van der Waals surface area (Å²) in [5.41, 5.74) is 8.99. The molecule has 0 saturated carbocycles. The van der Waals surface area contributed by atoms with Gasteiger partial charge in [-0.25, -0.2) is 4.98 Å².